The Morgan fingerprint density at radius 2 is 1.80 bits per heavy atom. The van der Waals surface area contributed by atoms with Crippen molar-refractivity contribution < 1.29 is 9.59 Å². The maximum absolute atomic E-state index is 12.8. The summed E-state index contributed by atoms with van der Waals surface area (Å²) in [7, 11) is 0. The van der Waals surface area contributed by atoms with Crippen molar-refractivity contribution in [1.29, 1.82) is 0 Å². The Morgan fingerprint density at radius 3 is 2.44 bits per heavy atom. The highest BCUT2D eigenvalue weighted by atomic mass is 32.2. The van der Waals surface area contributed by atoms with Gasteiger partial charge in [0.2, 0.25) is 11.8 Å². The lowest BCUT2D eigenvalue weighted by Gasteiger charge is -2.56. The number of nitrogens with one attached hydrogen (secondary N) is 1. The molecule has 6 rings (SSSR count). The number of carbonyl (C=O) groups excluding carboxylic acids is 2. The van der Waals surface area contributed by atoms with Gasteiger partial charge < -0.3 is 10.2 Å². The van der Waals surface area contributed by atoms with Crippen LogP contribution in [0.4, 0.5) is 0 Å². The smallest absolute Gasteiger partial charge is 0.232 e. The van der Waals surface area contributed by atoms with Gasteiger partial charge in [-0.15, -0.1) is 11.8 Å². The van der Waals surface area contributed by atoms with E-state index in [2.05, 4.69) is 5.32 Å². The van der Waals surface area contributed by atoms with E-state index in [0.717, 1.165) is 50.1 Å². The standard InChI is InChI=1S/C20H30N2O2S/c23-17(22-5-3-19(13-22)2-1-4-21-18(19)24)12-25-20-9-14-6-15(10-20)8-16(7-14)11-20/h14-16H,1-13H2,(H,21,24)/t14?,15?,16?,19-,20?/m0/s1. The normalized spacial score (nSPS) is 45.2. The molecule has 4 saturated carbocycles. The Hall–Kier alpha value is -0.710. The molecule has 1 atom stereocenters. The van der Waals surface area contributed by atoms with Crippen molar-refractivity contribution in [2.75, 3.05) is 25.4 Å². The summed E-state index contributed by atoms with van der Waals surface area (Å²) in [6.45, 7) is 2.23. The zero-order valence-corrected chi connectivity index (χ0v) is 15.9. The van der Waals surface area contributed by atoms with Crippen molar-refractivity contribution >= 4 is 23.6 Å². The van der Waals surface area contributed by atoms with Crippen LogP contribution in [-0.4, -0.2) is 46.8 Å². The molecule has 4 bridgehead atoms. The zero-order valence-electron chi connectivity index (χ0n) is 15.1. The van der Waals surface area contributed by atoms with Gasteiger partial charge in [0.05, 0.1) is 11.2 Å². The Morgan fingerprint density at radius 1 is 1.12 bits per heavy atom. The lowest BCUT2D eigenvalue weighted by atomic mass is 9.56. The molecule has 2 saturated heterocycles. The van der Waals surface area contributed by atoms with Crippen LogP contribution in [0.3, 0.4) is 0 Å². The average molecular weight is 363 g/mol. The van der Waals surface area contributed by atoms with Crippen LogP contribution in [0.15, 0.2) is 0 Å². The lowest BCUT2D eigenvalue weighted by Crippen LogP contribution is -2.49. The fraction of sp³-hybridized carbons (Fsp3) is 0.900. The van der Waals surface area contributed by atoms with Gasteiger partial charge in [0.25, 0.3) is 0 Å². The fourth-order valence-electron chi connectivity index (χ4n) is 6.92. The number of nitrogens with zero attached hydrogens (tertiary/aromatic N) is 1. The van der Waals surface area contributed by atoms with E-state index in [4.69, 9.17) is 0 Å². The number of likely N-dealkylation sites (tertiary alicyclic amines) is 1. The summed E-state index contributed by atoms with van der Waals surface area (Å²) in [4.78, 5) is 27.1. The first-order chi connectivity index (χ1) is 12.1. The van der Waals surface area contributed by atoms with Crippen molar-refractivity contribution in [2.24, 2.45) is 23.2 Å². The second-order valence-electron chi connectivity index (χ2n) is 9.59. The summed E-state index contributed by atoms with van der Waals surface area (Å²) >= 11 is 1.97. The van der Waals surface area contributed by atoms with Gasteiger partial charge in [-0.25, -0.2) is 0 Å². The quantitative estimate of drug-likeness (QED) is 0.840. The molecule has 0 radical (unpaired) electrons. The molecule has 0 aromatic rings. The van der Waals surface area contributed by atoms with Crippen LogP contribution in [-0.2, 0) is 9.59 Å². The van der Waals surface area contributed by atoms with Gasteiger partial charge in [-0.05, 0) is 75.5 Å². The highest BCUT2D eigenvalue weighted by Crippen LogP contribution is 2.60. The summed E-state index contributed by atoms with van der Waals surface area (Å²) in [5.74, 6) is 3.91. The summed E-state index contributed by atoms with van der Waals surface area (Å²) < 4.78 is 0.407. The van der Waals surface area contributed by atoms with Crippen LogP contribution in [0.25, 0.3) is 0 Å². The summed E-state index contributed by atoms with van der Waals surface area (Å²) in [6.07, 6.45) is 11.3. The summed E-state index contributed by atoms with van der Waals surface area (Å²) in [5, 5.41) is 3.01. The number of hydrogen-bond donors (Lipinski definition) is 1. The molecule has 4 aliphatic carbocycles. The van der Waals surface area contributed by atoms with Crippen LogP contribution in [0, 0.1) is 23.2 Å². The van der Waals surface area contributed by atoms with Crippen molar-refractivity contribution in [1.82, 2.24) is 10.2 Å². The van der Waals surface area contributed by atoms with E-state index < -0.39 is 0 Å². The molecule has 0 aromatic heterocycles. The third-order valence-electron chi connectivity index (χ3n) is 7.79. The van der Waals surface area contributed by atoms with Gasteiger partial charge in [-0.3, -0.25) is 9.59 Å². The lowest BCUT2D eigenvalue weighted by molar-refractivity contribution is -0.134. The molecule has 1 spiro atoms. The molecule has 25 heavy (non-hydrogen) atoms. The van der Waals surface area contributed by atoms with Crippen LogP contribution in [0.2, 0.25) is 0 Å². The molecule has 6 aliphatic rings. The predicted octanol–water partition coefficient (Wildman–Crippen LogP) is 2.82. The van der Waals surface area contributed by atoms with E-state index >= 15 is 0 Å². The third-order valence-corrected chi connectivity index (χ3v) is 9.29. The number of thioether (sulfide) groups is 1. The number of carbonyl (C=O) groups is 2. The molecule has 0 aromatic carbocycles. The van der Waals surface area contributed by atoms with E-state index in [1.165, 1.54) is 38.5 Å². The average Bonchev–Trinajstić information content (AvgIpc) is 3.00. The van der Waals surface area contributed by atoms with Crippen LogP contribution in [0.5, 0.6) is 0 Å². The van der Waals surface area contributed by atoms with E-state index in [9.17, 15) is 9.59 Å². The maximum Gasteiger partial charge on any atom is 0.232 e. The van der Waals surface area contributed by atoms with Gasteiger partial charge in [-0.1, -0.05) is 0 Å². The first kappa shape index (κ1) is 16.5. The van der Waals surface area contributed by atoms with Crippen LogP contribution >= 0.6 is 11.8 Å². The number of piperidine rings is 1. The molecule has 2 heterocycles. The number of hydrogen-bond acceptors (Lipinski definition) is 3. The van der Waals surface area contributed by atoms with E-state index in [1.54, 1.807) is 0 Å². The molecular formula is C20H30N2O2S. The number of rotatable bonds is 3. The van der Waals surface area contributed by atoms with Gasteiger partial charge >= 0.3 is 0 Å². The summed E-state index contributed by atoms with van der Waals surface area (Å²) in [6, 6.07) is 0. The minimum atomic E-state index is -0.279. The monoisotopic (exact) mass is 362 g/mol. The zero-order chi connectivity index (χ0) is 17.1. The molecule has 2 aliphatic heterocycles. The Labute approximate surface area is 154 Å². The second-order valence-corrected chi connectivity index (χ2v) is 11.0. The molecule has 6 fully saturated rings. The van der Waals surface area contributed by atoms with E-state index in [1.807, 2.05) is 16.7 Å². The molecule has 2 amide bonds. The molecule has 0 unspecified atom stereocenters. The Kier molecular flexibility index (Phi) is 3.88. The molecule has 4 nitrogen and oxygen atoms in total. The van der Waals surface area contributed by atoms with Crippen molar-refractivity contribution in [2.45, 2.75) is 62.5 Å². The Bertz CT molecular complexity index is 557. The molecular weight excluding hydrogens is 332 g/mol. The topological polar surface area (TPSA) is 49.4 Å². The molecule has 5 heteroatoms. The van der Waals surface area contributed by atoms with Gasteiger partial charge in [0.15, 0.2) is 0 Å². The van der Waals surface area contributed by atoms with Crippen molar-refractivity contribution in [3.63, 3.8) is 0 Å². The molecule has 1 N–H and O–H groups in total. The number of amides is 2. The van der Waals surface area contributed by atoms with Crippen molar-refractivity contribution in [3.05, 3.63) is 0 Å². The predicted molar refractivity (Wildman–Crippen MR) is 99.2 cm³/mol. The SMILES string of the molecule is O=C(CSC12CC3CC(CC(C3)C1)C2)N1CC[C@@]2(CCCNC2=O)C1. The minimum Gasteiger partial charge on any atom is -0.356 e. The maximum atomic E-state index is 12.8. The van der Waals surface area contributed by atoms with Gasteiger partial charge in [-0.2, -0.15) is 0 Å². The van der Waals surface area contributed by atoms with Crippen LogP contribution < -0.4 is 5.32 Å². The highest BCUT2D eigenvalue weighted by molar-refractivity contribution is 8.01. The third kappa shape index (κ3) is 2.81. The second kappa shape index (κ2) is 5.90. The highest BCUT2D eigenvalue weighted by Gasteiger charge is 2.52. The van der Waals surface area contributed by atoms with E-state index in [-0.39, 0.29) is 17.2 Å². The minimum absolute atomic E-state index is 0.183. The van der Waals surface area contributed by atoms with Gasteiger partial charge in [0, 0.05) is 24.4 Å². The molecule has 138 valence electrons. The van der Waals surface area contributed by atoms with E-state index in [0.29, 0.717) is 17.0 Å². The largest absolute Gasteiger partial charge is 0.356 e. The fourth-order valence-corrected chi connectivity index (χ4v) is 8.59. The van der Waals surface area contributed by atoms with Crippen molar-refractivity contribution in [3.8, 4) is 0 Å². The van der Waals surface area contributed by atoms with Gasteiger partial charge in [0.1, 0.15) is 0 Å². The first-order valence-electron chi connectivity index (χ1n) is 10.3. The summed E-state index contributed by atoms with van der Waals surface area (Å²) in [5.41, 5.74) is -0.279. The van der Waals surface area contributed by atoms with Crippen LogP contribution in [0.1, 0.15) is 57.8 Å². The first-order valence-corrected chi connectivity index (χ1v) is 11.2. The Balaban J connectivity index is 1.20.